The summed E-state index contributed by atoms with van der Waals surface area (Å²) in [6.45, 7) is 0.673. The Hall–Kier alpha value is -3.08. The second kappa shape index (κ2) is 6.36. The normalized spacial score (nSPS) is 10.5. The van der Waals surface area contributed by atoms with E-state index in [2.05, 4.69) is 29.0 Å². The highest BCUT2D eigenvalue weighted by Crippen LogP contribution is 2.16. The van der Waals surface area contributed by atoms with E-state index in [-0.39, 0.29) is 10.6 Å². The van der Waals surface area contributed by atoms with Crippen LogP contribution < -0.4 is 9.13 Å². The van der Waals surface area contributed by atoms with Crippen LogP contribution in [0.2, 0.25) is 0 Å². The maximum Gasteiger partial charge on any atom is 0.269 e. The summed E-state index contributed by atoms with van der Waals surface area (Å²) in [6.07, 6.45) is 8.11. The number of hydrogen-bond acceptors (Lipinski definition) is 2. The van der Waals surface area contributed by atoms with E-state index in [1.165, 1.54) is 12.1 Å². The monoisotopic (exact) mass is 307 g/mol. The molecule has 114 valence electrons. The molecule has 23 heavy (non-hydrogen) atoms. The molecule has 0 saturated carbocycles. The third kappa shape index (κ3) is 3.58. The fourth-order valence-electron chi connectivity index (χ4n) is 2.42. The van der Waals surface area contributed by atoms with E-state index in [1.807, 2.05) is 36.3 Å². The highest BCUT2D eigenvalue weighted by Gasteiger charge is 2.09. The molecule has 0 N–H and O–H groups in total. The van der Waals surface area contributed by atoms with Gasteiger partial charge in [-0.1, -0.05) is 0 Å². The molecule has 5 heteroatoms. The number of hydrogen-bond donors (Lipinski definition) is 0. The van der Waals surface area contributed by atoms with Crippen LogP contribution in [0.25, 0.3) is 11.1 Å². The van der Waals surface area contributed by atoms with Crippen molar-refractivity contribution in [2.45, 2.75) is 6.54 Å². The van der Waals surface area contributed by atoms with Crippen molar-refractivity contribution in [2.75, 3.05) is 0 Å². The zero-order chi connectivity index (χ0) is 16.2. The van der Waals surface area contributed by atoms with E-state index < -0.39 is 0 Å². The van der Waals surface area contributed by atoms with Gasteiger partial charge in [-0.3, -0.25) is 10.1 Å². The molecule has 0 radical (unpaired) electrons. The molecule has 2 heterocycles. The molecule has 0 aliphatic rings. The van der Waals surface area contributed by atoms with Crippen molar-refractivity contribution in [2.24, 2.45) is 7.05 Å². The third-order valence-corrected chi connectivity index (χ3v) is 3.68. The smallest absolute Gasteiger partial charge is 0.258 e. The zero-order valence-electron chi connectivity index (χ0n) is 12.8. The van der Waals surface area contributed by atoms with Gasteiger partial charge >= 0.3 is 0 Å². The second-order valence-corrected chi connectivity index (χ2v) is 5.44. The molecular weight excluding hydrogens is 290 g/mol. The molecule has 3 aromatic rings. The standard InChI is InChI=1S/C18H17N3O2/c1-19-11-8-16(9-12-19)17-3-2-10-20(14-17)13-15-4-6-18(7-5-15)21(22)23/h2-12,14H,13H2,1H3/q+2. The summed E-state index contributed by atoms with van der Waals surface area (Å²) in [5.41, 5.74) is 3.43. The SMILES string of the molecule is C[n+]1ccc(-c2ccc[n+](Cc3ccc([N+](=O)[O-])cc3)c2)cc1. The Labute approximate surface area is 134 Å². The molecular formula is C18H17N3O2+2. The zero-order valence-corrected chi connectivity index (χ0v) is 12.8. The van der Waals surface area contributed by atoms with Gasteiger partial charge in [-0.25, -0.2) is 9.13 Å². The van der Waals surface area contributed by atoms with Gasteiger partial charge in [-0.15, -0.1) is 0 Å². The predicted molar refractivity (Wildman–Crippen MR) is 85.4 cm³/mol. The van der Waals surface area contributed by atoms with Gasteiger partial charge in [0.1, 0.15) is 7.05 Å². The van der Waals surface area contributed by atoms with Crippen molar-refractivity contribution in [3.63, 3.8) is 0 Å². The van der Waals surface area contributed by atoms with Gasteiger partial charge in [0.25, 0.3) is 5.69 Å². The molecule has 2 aromatic heterocycles. The predicted octanol–water partition coefficient (Wildman–Crippen LogP) is 2.42. The first-order chi connectivity index (χ1) is 11.1. The van der Waals surface area contributed by atoms with Gasteiger partial charge in [0.2, 0.25) is 0 Å². The van der Waals surface area contributed by atoms with Crippen molar-refractivity contribution < 1.29 is 14.1 Å². The Balaban J connectivity index is 1.82. The van der Waals surface area contributed by atoms with E-state index in [0.29, 0.717) is 6.54 Å². The number of aryl methyl sites for hydroxylation is 1. The average Bonchev–Trinajstić information content (AvgIpc) is 2.56. The summed E-state index contributed by atoms with van der Waals surface area (Å²) in [5, 5.41) is 10.7. The minimum atomic E-state index is -0.382. The molecule has 0 saturated heterocycles. The van der Waals surface area contributed by atoms with Crippen LogP contribution in [-0.2, 0) is 13.6 Å². The van der Waals surface area contributed by atoms with Crippen molar-refractivity contribution in [3.8, 4) is 11.1 Å². The highest BCUT2D eigenvalue weighted by atomic mass is 16.6. The summed E-state index contributed by atoms with van der Waals surface area (Å²) in [4.78, 5) is 10.3. The van der Waals surface area contributed by atoms with Gasteiger partial charge in [0, 0.05) is 41.5 Å². The number of benzene rings is 1. The molecule has 0 fully saturated rings. The molecule has 0 aliphatic carbocycles. The lowest BCUT2D eigenvalue weighted by atomic mass is 10.1. The second-order valence-electron chi connectivity index (χ2n) is 5.44. The number of nitro benzene ring substituents is 1. The van der Waals surface area contributed by atoms with Crippen LogP contribution in [0.4, 0.5) is 5.69 Å². The van der Waals surface area contributed by atoms with Crippen LogP contribution in [0.5, 0.6) is 0 Å². The first-order valence-electron chi connectivity index (χ1n) is 7.30. The molecule has 0 bridgehead atoms. The number of nitro groups is 1. The lowest BCUT2D eigenvalue weighted by Gasteiger charge is -2.01. The first kappa shape index (κ1) is 14.8. The van der Waals surface area contributed by atoms with Crippen molar-refractivity contribution in [1.82, 2.24) is 0 Å². The summed E-state index contributed by atoms with van der Waals surface area (Å²) >= 11 is 0. The molecule has 0 atom stereocenters. The summed E-state index contributed by atoms with van der Waals surface area (Å²) < 4.78 is 4.07. The van der Waals surface area contributed by atoms with E-state index in [9.17, 15) is 10.1 Å². The fraction of sp³-hybridized carbons (Fsp3) is 0.111. The minimum absolute atomic E-state index is 0.115. The Bertz CT molecular complexity index is 828. The maximum absolute atomic E-state index is 10.7. The van der Waals surface area contributed by atoms with Crippen LogP contribution in [0, 0.1) is 10.1 Å². The van der Waals surface area contributed by atoms with E-state index in [1.54, 1.807) is 12.1 Å². The van der Waals surface area contributed by atoms with E-state index >= 15 is 0 Å². The molecule has 1 aromatic carbocycles. The van der Waals surface area contributed by atoms with Gasteiger partial charge in [0.05, 0.1) is 4.92 Å². The van der Waals surface area contributed by atoms with E-state index in [0.717, 1.165) is 16.7 Å². The Morgan fingerprint density at radius 2 is 1.65 bits per heavy atom. The topological polar surface area (TPSA) is 50.9 Å². The van der Waals surface area contributed by atoms with Crippen LogP contribution in [0.3, 0.4) is 0 Å². The number of rotatable bonds is 4. The maximum atomic E-state index is 10.7. The average molecular weight is 307 g/mol. The molecule has 0 aliphatic heterocycles. The number of aromatic nitrogens is 2. The van der Waals surface area contributed by atoms with E-state index in [4.69, 9.17) is 0 Å². The van der Waals surface area contributed by atoms with Crippen molar-refractivity contribution in [3.05, 3.63) is 89.0 Å². The van der Waals surface area contributed by atoms with Crippen LogP contribution >= 0.6 is 0 Å². The third-order valence-electron chi connectivity index (χ3n) is 3.68. The summed E-state index contributed by atoms with van der Waals surface area (Å²) in [6, 6.07) is 14.9. The van der Waals surface area contributed by atoms with Crippen LogP contribution in [0.15, 0.2) is 73.3 Å². The van der Waals surface area contributed by atoms with Gasteiger partial charge in [-0.2, -0.15) is 0 Å². The van der Waals surface area contributed by atoms with Crippen LogP contribution in [-0.4, -0.2) is 4.92 Å². The summed E-state index contributed by atoms with van der Waals surface area (Å²) in [7, 11) is 1.99. The number of nitrogens with zero attached hydrogens (tertiary/aromatic N) is 3. The molecule has 0 unspecified atom stereocenters. The number of non-ortho nitro benzene ring substituents is 1. The quantitative estimate of drug-likeness (QED) is 0.422. The first-order valence-corrected chi connectivity index (χ1v) is 7.30. The van der Waals surface area contributed by atoms with Crippen molar-refractivity contribution >= 4 is 5.69 Å². The highest BCUT2D eigenvalue weighted by molar-refractivity contribution is 5.60. The Kier molecular flexibility index (Phi) is 4.10. The fourth-order valence-corrected chi connectivity index (χ4v) is 2.42. The van der Waals surface area contributed by atoms with Gasteiger partial charge in [-0.05, 0) is 23.8 Å². The largest absolute Gasteiger partial charge is 0.269 e. The molecule has 3 rings (SSSR count). The lowest BCUT2D eigenvalue weighted by Crippen LogP contribution is -2.33. The number of pyridine rings is 2. The minimum Gasteiger partial charge on any atom is -0.258 e. The van der Waals surface area contributed by atoms with Gasteiger partial charge in [0.15, 0.2) is 31.3 Å². The molecule has 0 spiro atoms. The lowest BCUT2D eigenvalue weighted by molar-refractivity contribution is -0.687. The molecule has 0 amide bonds. The Morgan fingerprint density at radius 1 is 0.957 bits per heavy atom. The van der Waals surface area contributed by atoms with Gasteiger partial charge < -0.3 is 0 Å². The Morgan fingerprint density at radius 3 is 2.30 bits per heavy atom. The summed E-state index contributed by atoms with van der Waals surface area (Å²) in [5.74, 6) is 0. The molecule has 5 nitrogen and oxygen atoms in total. The van der Waals surface area contributed by atoms with Crippen LogP contribution in [0.1, 0.15) is 5.56 Å². The van der Waals surface area contributed by atoms with Crippen molar-refractivity contribution in [1.29, 1.82) is 0 Å².